The zero-order valence-electron chi connectivity index (χ0n) is 22.9. The number of H-pyrrole nitrogens is 1. The van der Waals surface area contributed by atoms with E-state index in [1.165, 1.54) is 18.0 Å². The quantitative estimate of drug-likeness (QED) is 0.217. The fourth-order valence-electron chi connectivity index (χ4n) is 5.89. The minimum Gasteiger partial charge on any atom is -0.492 e. The van der Waals surface area contributed by atoms with Crippen LogP contribution in [0.25, 0.3) is 11.2 Å². The molecular weight excluding hydrogens is 576 g/mol. The van der Waals surface area contributed by atoms with Gasteiger partial charge in [-0.2, -0.15) is 4.98 Å². The number of ketones is 2. The van der Waals surface area contributed by atoms with Crippen molar-refractivity contribution in [2.45, 2.75) is 64.2 Å². The molecule has 6 rings (SSSR count). The number of anilines is 1. The Morgan fingerprint density at radius 2 is 2.02 bits per heavy atom. The molecule has 0 saturated carbocycles. The average Bonchev–Trinajstić information content (AvgIpc) is 3.60. The predicted octanol–water partition coefficient (Wildman–Crippen LogP) is 0.908. The van der Waals surface area contributed by atoms with Gasteiger partial charge in [0.05, 0.1) is 37.8 Å². The van der Waals surface area contributed by atoms with E-state index in [1.807, 2.05) is 0 Å². The van der Waals surface area contributed by atoms with E-state index in [-0.39, 0.29) is 71.4 Å². The van der Waals surface area contributed by atoms with Crippen LogP contribution in [0.15, 0.2) is 22.5 Å². The van der Waals surface area contributed by atoms with Gasteiger partial charge in [-0.05, 0) is 25.8 Å². The van der Waals surface area contributed by atoms with Gasteiger partial charge in [-0.25, -0.2) is 9.55 Å². The van der Waals surface area contributed by atoms with Crippen LogP contribution in [0.4, 0.5) is 5.95 Å². The van der Waals surface area contributed by atoms with Crippen molar-refractivity contribution < 1.29 is 42.7 Å². The molecule has 2 aliphatic heterocycles. The minimum absolute atomic E-state index is 0.00782. The number of Topliss-reactive ketones (excluding diaryl/α,β-unsaturated/α-hetero) is 2. The van der Waals surface area contributed by atoms with E-state index in [0.29, 0.717) is 17.0 Å². The number of nitrogens with two attached hydrogens (primary N) is 1. The standard InChI is InChI=1S/C25H29N6O10P/c1-10-13-6-12(4-5-30(13)19-17(10)21(34)22(38-3)11(2)20(19)33)41-42(36,37)39-8-15-14(32)7-16(40-15)31-9-27-18-23(31)28-25(26)29-24(18)35/h9,12,14-16,32H,4-8H2,1-3H3,(H,36,37)(H3,26,28,29,35)/t12?,14-,15+,16+/m0/s1/i6+1. The summed E-state index contributed by atoms with van der Waals surface area (Å²) in [4.78, 5) is 59.1. The second kappa shape index (κ2) is 10.3. The molecule has 0 amide bonds. The number of nitrogens with one attached hydrogen (secondary N) is 1. The van der Waals surface area contributed by atoms with Crippen molar-refractivity contribution in [2.75, 3.05) is 19.5 Å². The van der Waals surface area contributed by atoms with Gasteiger partial charge in [-0.15, -0.1) is 0 Å². The maximum Gasteiger partial charge on any atom is 0.472 e. The van der Waals surface area contributed by atoms with Crippen LogP contribution >= 0.6 is 7.82 Å². The molecule has 0 radical (unpaired) electrons. The third-order valence-corrected chi connectivity index (χ3v) is 8.96. The molecule has 5 atom stereocenters. The van der Waals surface area contributed by atoms with Gasteiger partial charge in [-0.3, -0.25) is 33.0 Å². The van der Waals surface area contributed by atoms with Crippen molar-refractivity contribution in [3.05, 3.63) is 50.5 Å². The molecule has 0 aromatic carbocycles. The molecule has 3 aromatic heterocycles. The van der Waals surface area contributed by atoms with Crippen LogP contribution in [-0.2, 0) is 36.1 Å². The number of aromatic amines is 1. The molecule has 0 bridgehead atoms. The highest BCUT2D eigenvalue weighted by Gasteiger charge is 2.42. The number of aliphatic hydroxyl groups excluding tert-OH is 1. The number of methoxy groups -OCH3 is 1. The first-order chi connectivity index (χ1) is 19.9. The Kier molecular flexibility index (Phi) is 6.95. The molecule has 3 aliphatic rings. The summed E-state index contributed by atoms with van der Waals surface area (Å²) in [5.74, 6) is -0.773. The average molecular weight is 606 g/mol. The number of phosphoric ester groups is 1. The number of carbonyl (C=O) groups is 2. The number of imidazole rings is 1. The van der Waals surface area contributed by atoms with E-state index in [1.54, 1.807) is 18.4 Å². The lowest BCUT2D eigenvalue weighted by Gasteiger charge is -2.28. The van der Waals surface area contributed by atoms with Crippen molar-refractivity contribution >= 4 is 36.5 Å². The van der Waals surface area contributed by atoms with E-state index in [4.69, 9.17) is 24.3 Å². The monoisotopic (exact) mass is 605 g/mol. The molecule has 16 nitrogen and oxygen atoms in total. The Morgan fingerprint density at radius 3 is 2.76 bits per heavy atom. The van der Waals surface area contributed by atoms with E-state index in [9.17, 15) is 28.9 Å². The van der Waals surface area contributed by atoms with Crippen molar-refractivity contribution in [1.29, 1.82) is 0 Å². The van der Waals surface area contributed by atoms with E-state index >= 15 is 0 Å². The zero-order chi connectivity index (χ0) is 30.1. The minimum atomic E-state index is -4.61. The Labute approximate surface area is 237 Å². The Morgan fingerprint density at radius 1 is 1.26 bits per heavy atom. The highest BCUT2D eigenvalue weighted by Crippen LogP contribution is 2.48. The van der Waals surface area contributed by atoms with Crippen LogP contribution in [0.3, 0.4) is 0 Å². The fraction of sp³-hybridized carbons (Fsp3) is 0.480. The molecule has 0 spiro atoms. The van der Waals surface area contributed by atoms with Gasteiger partial charge in [0, 0.05) is 30.7 Å². The summed E-state index contributed by atoms with van der Waals surface area (Å²) < 4.78 is 37.8. The molecule has 224 valence electrons. The lowest BCUT2D eigenvalue weighted by atomic mass is 9.92. The van der Waals surface area contributed by atoms with Crippen LogP contribution in [0, 0.1) is 6.92 Å². The molecule has 17 heteroatoms. The van der Waals surface area contributed by atoms with E-state index in [2.05, 4.69) is 15.0 Å². The molecule has 1 aliphatic carbocycles. The zero-order valence-corrected chi connectivity index (χ0v) is 23.8. The number of aliphatic hydroxyl groups is 1. The number of rotatable bonds is 7. The molecule has 1 fully saturated rings. The molecular formula is C25H29N6O10P. The molecule has 5 N–H and O–H groups in total. The number of aromatic nitrogens is 5. The topological polar surface area (TPSA) is 223 Å². The van der Waals surface area contributed by atoms with Crippen LogP contribution < -0.4 is 11.3 Å². The van der Waals surface area contributed by atoms with Gasteiger partial charge in [0.1, 0.15) is 18.0 Å². The lowest BCUT2D eigenvalue weighted by Crippen LogP contribution is -2.30. The first kappa shape index (κ1) is 28.5. The highest BCUT2D eigenvalue weighted by molar-refractivity contribution is 7.47. The molecule has 2 unspecified atom stereocenters. The third-order valence-electron chi connectivity index (χ3n) is 7.92. The number of phosphoric acid groups is 1. The molecule has 5 heterocycles. The fourth-order valence-corrected chi connectivity index (χ4v) is 6.84. The van der Waals surface area contributed by atoms with Gasteiger partial charge in [0.2, 0.25) is 17.5 Å². The highest BCUT2D eigenvalue weighted by atomic mass is 31.2. The number of nitrogens with zero attached hydrogens (tertiary/aromatic N) is 4. The second-order valence-electron chi connectivity index (χ2n) is 10.5. The predicted molar refractivity (Wildman–Crippen MR) is 144 cm³/mol. The number of carbonyl (C=O) groups excluding carboxylic acids is 2. The molecule has 1 saturated heterocycles. The number of nitrogen functional groups attached to an aromatic ring is 1. The van der Waals surface area contributed by atoms with Gasteiger partial charge in [0.25, 0.3) is 5.56 Å². The van der Waals surface area contributed by atoms with Crippen LogP contribution in [0.5, 0.6) is 0 Å². The van der Waals surface area contributed by atoms with Crippen molar-refractivity contribution in [3.8, 4) is 0 Å². The van der Waals surface area contributed by atoms with Crippen molar-refractivity contribution in [1.82, 2.24) is 24.1 Å². The lowest BCUT2D eigenvalue weighted by molar-refractivity contribution is -0.0459. The third kappa shape index (κ3) is 4.60. The van der Waals surface area contributed by atoms with E-state index < -0.39 is 44.5 Å². The second-order valence-corrected chi connectivity index (χ2v) is 11.9. The molecule has 42 heavy (non-hydrogen) atoms. The van der Waals surface area contributed by atoms with Gasteiger partial charge >= 0.3 is 7.82 Å². The van der Waals surface area contributed by atoms with Crippen molar-refractivity contribution in [2.24, 2.45) is 0 Å². The summed E-state index contributed by atoms with van der Waals surface area (Å²) in [6.07, 6.45) is -1.71. The number of hydrogen-bond acceptors (Lipinski definition) is 12. The van der Waals surface area contributed by atoms with Gasteiger partial charge < -0.3 is 29.8 Å². The van der Waals surface area contributed by atoms with E-state index in [0.717, 1.165) is 0 Å². The summed E-state index contributed by atoms with van der Waals surface area (Å²) in [7, 11) is -3.27. The Bertz CT molecular complexity index is 1770. The van der Waals surface area contributed by atoms with Gasteiger partial charge in [0.15, 0.2) is 16.9 Å². The summed E-state index contributed by atoms with van der Waals surface area (Å²) >= 11 is 0. The van der Waals surface area contributed by atoms with Crippen LogP contribution in [0.1, 0.15) is 58.1 Å². The maximum atomic E-state index is 13.0. The summed E-state index contributed by atoms with van der Waals surface area (Å²) in [5.41, 5.74) is 7.37. The van der Waals surface area contributed by atoms with Crippen molar-refractivity contribution in [3.63, 3.8) is 0 Å². The SMILES string of the molecule is COC1=C(C)C(=O)c2c(c(C)c3n2CCC(OP(=O)(O)OC[C@H]2O[C@@H](n4cnc5c(=O)[nH]c(N)nc54)C[C@@H]2O)[13CH2]3)C1=O. The number of hydrogen-bond donors (Lipinski definition) is 4. The Balaban J connectivity index is 1.12. The van der Waals surface area contributed by atoms with Crippen LogP contribution in [-0.4, -0.2) is 77.7 Å². The Hall–Kier alpha value is -3.66. The maximum absolute atomic E-state index is 13.0. The first-order valence-electron chi connectivity index (χ1n) is 13.2. The van der Waals surface area contributed by atoms with Crippen LogP contribution in [0.2, 0.25) is 0 Å². The van der Waals surface area contributed by atoms with Gasteiger partial charge in [-0.1, -0.05) is 0 Å². The summed E-state index contributed by atoms with van der Waals surface area (Å²) in [6, 6.07) is 0. The largest absolute Gasteiger partial charge is 0.492 e. The normalized spacial score (nSPS) is 25.5. The smallest absolute Gasteiger partial charge is 0.472 e. The number of fused-ring (bicyclic) bond motifs is 4. The molecule has 3 aromatic rings. The number of allylic oxidation sites excluding steroid dienone is 2. The summed E-state index contributed by atoms with van der Waals surface area (Å²) in [5, 5.41) is 10.5. The number of ether oxygens (including phenoxy) is 2. The first-order valence-corrected chi connectivity index (χ1v) is 14.7. The summed E-state index contributed by atoms with van der Waals surface area (Å²) in [6.45, 7) is 3.10.